The molecule has 1 aromatic heterocycles. The van der Waals surface area contributed by atoms with E-state index in [4.69, 9.17) is 9.72 Å². The highest BCUT2D eigenvalue weighted by atomic mass is 16.5. The van der Waals surface area contributed by atoms with Crippen LogP contribution in [0.3, 0.4) is 0 Å². The number of benzene rings is 2. The number of likely N-dealkylation sites (tertiary alicyclic amines) is 1. The number of ether oxygens (including phenoxy) is 1. The molecule has 3 aliphatic heterocycles. The van der Waals surface area contributed by atoms with Gasteiger partial charge in [0.15, 0.2) is 0 Å². The third kappa shape index (κ3) is 7.15. The van der Waals surface area contributed by atoms with Gasteiger partial charge < -0.3 is 24.8 Å². The Labute approximate surface area is 278 Å². The van der Waals surface area contributed by atoms with Crippen molar-refractivity contribution in [1.82, 2.24) is 19.8 Å². The van der Waals surface area contributed by atoms with Crippen LogP contribution in [0.2, 0.25) is 0 Å². The van der Waals surface area contributed by atoms with Crippen LogP contribution in [0.4, 0.5) is 5.69 Å². The second-order valence-corrected chi connectivity index (χ2v) is 14.0. The number of nitrogens with zero attached hydrogens (tertiary/aromatic N) is 3. The molecule has 2 bridgehead atoms. The number of H-pyrrole nitrogens is 1. The molecule has 2 fully saturated rings. The minimum atomic E-state index is -0.425. The van der Waals surface area contributed by atoms with Gasteiger partial charge in [-0.25, -0.2) is 4.98 Å². The lowest BCUT2D eigenvalue weighted by Gasteiger charge is -2.28. The van der Waals surface area contributed by atoms with Crippen LogP contribution in [-0.4, -0.2) is 63.2 Å². The normalized spacial score (nSPS) is 22.7. The standard InChI is InChI=1S/C38H49N5O4/c1-24(2)26(4)38(46)43-21-8-11-33(43)36(44)39-30-18-16-28(17-19-30)27-12-14-29(15-13-27)34-31-23-47-22-6-5-9-25(3)37(45)42-20-7-10-32(42)35(40-31)41-34/h12-19,24-26,32-33H,5-11,20-23H2,1-4H3,(H,39,44)(H,40,41)/t25-,26-,32-,33-/m0/s1. The van der Waals surface area contributed by atoms with Crippen molar-refractivity contribution in [2.45, 2.75) is 91.3 Å². The molecule has 0 unspecified atom stereocenters. The van der Waals surface area contributed by atoms with E-state index >= 15 is 0 Å². The van der Waals surface area contributed by atoms with Gasteiger partial charge >= 0.3 is 0 Å². The van der Waals surface area contributed by atoms with Gasteiger partial charge in [0.2, 0.25) is 17.7 Å². The molecule has 3 amide bonds. The number of imidazole rings is 1. The lowest BCUT2D eigenvalue weighted by Crippen LogP contribution is -2.46. The predicted molar refractivity (Wildman–Crippen MR) is 183 cm³/mol. The van der Waals surface area contributed by atoms with Gasteiger partial charge in [0.25, 0.3) is 0 Å². The summed E-state index contributed by atoms with van der Waals surface area (Å²) in [6.07, 6.45) is 6.24. The zero-order valence-electron chi connectivity index (χ0n) is 28.3. The van der Waals surface area contributed by atoms with E-state index in [-0.39, 0.29) is 41.5 Å². The Kier molecular flexibility index (Phi) is 10.1. The van der Waals surface area contributed by atoms with Crippen LogP contribution in [0, 0.1) is 17.8 Å². The summed E-state index contributed by atoms with van der Waals surface area (Å²) in [5.74, 6) is 1.15. The Morgan fingerprint density at radius 2 is 1.57 bits per heavy atom. The van der Waals surface area contributed by atoms with Gasteiger partial charge in [-0.15, -0.1) is 0 Å². The van der Waals surface area contributed by atoms with Gasteiger partial charge in [-0.1, -0.05) is 70.5 Å². The molecule has 250 valence electrons. The van der Waals surface area contributed by atoms with Gasteiger partial charge in [0.1, 0.15) is 11.9 Å². The number of anilines is 1. The molecular weight excluding hydrogens is 590 g/mol. The average Bonchev–Trinajstić information content (AvgIpc) is 3.85. The third-order valence-electron chi connectivity index (χ3n) is 10.4. The van der Waals surface area contributed by atoms with E-state index in [0.717, 1.165) is 79.0 Å². The molecule has 2 saturated heterocycles. The van der Waals surface area contributed by atoms with Crippen LogP contribution in [0.25, 0.3) is 22.4 Å². The van der Waals surface area contributed by atoms with E-state index in [1.165, 1.54) is 0 Å². The van der Waals surface area contributed by atoms with E-state index in [9.17, 15) is 14.4 Å². The van der Waals surface area contributed by atoms with Crippen molar-refractivity contribution in [1.29, 1.82) is 0 Å². The first kappa shape index (κ1) is 32.9. The monoisotopic (exact) mass is 639 g/mol. The largest absolute Gasteiger partial charge is 0.375 e. The van der Waals surface area contributed by atoms with Gasteiger partial charge in [-0.05, 0) is 67.7 Å². The molecule has 4 heterocycles. The van der Waals surface area contributed by atoms with Gasteiger partial charge in [0, 0.05) is 42.8 Å². The second kappa shape index (κ2) is 14.4. The molecular formula is C38H49N5O4. The van der Waals surface area contributed by atoms with Crippen LogP contribution >= 0.6 is 0 Å². The quantitative estimate of drug-likeness (QED) is 0.303. The molecule has 6 rings (SSSR count). The summed E-state index contributed by atoms with van der Waals surface area (Å²) in [6.45, 7) is 10.6. The topological polar surface area (TPSA) is 108 Å². The molecule has 9 heteroatoms. The molecule has 4 atom stereocenters. The fourth-order valence-corrected chi connectivity index (χ4v) is 7.12. The number of fused-ring (bicyclic) bond motifs is 4. The summed E-state index contributed by atoms with van der Waals surface area (Å²) in [7, 11) is 0. The molecule has 0 spiro atoms. The number of nitrogens with one attached hydrogen (secondary N) is 2. The summed E-state index contributed by atoms with van der Waals surface area (Å²) in [5, 5.41) is 3.04. The van der Waals surface area contributed by atoms with E-state index in [2.05, 4.69) is 34.6 Å². The van der Waals surface area contributed by atoms with Crippen molar-refractivity contribution < 1.29 is 19.1 Å². The van der Waals surface area contributed by atoms with Crippen molar-refractivity contribution in [3.63, 3.8) is 0 Å². The van der Waals surface area contributed by atoms with Crippen LogP contribution in [0.5, 0.6) is 0 Å². The van der Waals surface area contributed by atoms with Gasteiger partial charge in [0.05, 0.1) is 24.0 Å². The number of aromatic nitrogens is 2. The molecule has 0 aliphatic carbocycles. The Morgan fingerprint density at radius 1 is 0.894 bits per heavy atom. The molecule has 2 aromatic carbocycles. The lowest BCUT2D eigenvalue weighted by molar-refractivity contribution is -0.140. The number of hydrogen-bond acceptors (Lipinski definition) is 5. The van der Waals surface area contributed by atoms with Crippen molar-refractivity contribution in [2.75, 3.05) is 25.0 Å². The van der Waals surface area contributed by atoms with Crippen molar-refractivity contribution >= 4 is 23.4 Å². The first-order valence-electron chi connectivity index (χ1n) is 17.5. The van der Waals surface area contributed by atoms with Crippen molar-refractivity contribution in [2.24, 2.45) is 17.8 Å². The second-order valence-electron chi connectivity index (χ2n) is 14.0. The first-order chi connectivity index (χ1) is 22.7. The Morgan fingerprint density at radius 3 is 2.30 bits per heavy atom. The molecule has 0 saturated carbocycles. The number of hydrogen-bond donors (Lipinski definition) is 2. The first-order valence-corrected chi connectivity index (χ1v) is 17.5. The van der Waals surface area contributed by atoms with Gasteiger partial charge in [-0.3, -0.25) is 14.4 Å². The lowest BCUT2D eigenvalue weighted by atomic mass is 9.96. The highest BCUT2D eigenvalue weighted by Gasteiger charge is 2.37. The average molecular weight is 640 g/mol. The number of carbonyl (C=O) groups excluding carboxylic acids is 3. The smallest absolute Gasteiger partial charge is 0.247 e. The maximum absolute atomic E-state index is 13.3. The Bertz CT molecular complexity index is 1560. The number of rotatable bonds is 6. The zero-order chi connectivity index (χ0) is 33.1. The fraction of sp³-hybridized carbons (Fsp3) is 0.526. The van der Waals surface area contributed by atoms with Gasteiger partial charge in [-0.2, -0.15) is 0 Å². The number of amides is 3. The summed E-state index contributed by atoms with van der Waals surface area (Å²) < 4.78 is 6.06. The predicted octanol–water partition coefficient (Wildman–Crippen LogP) is 6.97. The van der Waals surface area contributed by atoms with E-state index < -0.39 is 6.04 Å². The molecule has 0 radical (unpaired) electrons. The van der Waals surface area contributed by atoms with Crippen LogP contribution < -0.4 is 5.32 Å². The SMILES string of the molecule is CC(C)[C@H](C)C(=O)N1CCC[C@H]1C(=O)Nc1ccc(-c2ccc(-c3nc4[nH]c3COCCCC[C@H](C)C(=O)N3CCC[C@@H]43)cc2)cc1. The van der Waals surface area contributed by atoms with Crippen LogP contribution in [0.15, 0.2) is 48.5 Å². The van der Waals surface area contributed by atoms with Crippen LogP contribution in [0.1, 0.15) is 90.2 Å². The highest BCUT2D eigenvalue weighted by molar-refractivity contribution is 5.98. The zero-order valence-corrected chi connectivity index (χ0v) is 28.3. The summed E-state index contributed by atoms with van der Waals surface area (Å²) in [4.78, 5) is 51.9. The molecule has 3 aliphatic rings. The number of carbonyl (C=O) groups is 3. The van der Waals surface area contributed by atoms with E-state index in [1.54, 1.807) is 4.90 Å². The summed E-state index contributed by atoms with van der Waals surface area (Å²) in [6, 6.07) is 15.7. The van der Waals surface area contributed by atoms with E-state index in [1.807, 2.05) is 56.9 Å². The minimum absolute atomic E-state index is 0.00921. The number of aromatic amines is 1. The minimum Gasteiger partial charge on any atom is -0.375 e. The van der Waals surface area contributed by atoms with Crippen molar-refractivity contribution in [3.05, 3.63) is 60.0 Å². The summed E-state index contributed by atoms with van der Waals surface area (Å²) >= 11 is 0. The van der Waals surface area contributed by atoms with Crippen molar-refractivity contribution in [3.8, 4) is 22.4 Å². The molecule has 3 aromatic rings. The third-order valence-corrected chi connectivity index (χ3v) is 10.4. The molecule has 47 heavy (non-hydrogen) atoms. The fourth-order valence-electron chi connectivity index (χ4n) is 7.12. The van der Waals surface area contributed by atoms with E-state index in [0.29, 0.717) is 31.9 Å². The summed E-state index contributed by atoms with van der Waals surface area (Å²) in [5.41, 5.74) is 5.62. The Hall–Kier alpha value is -3.98. The maximum Gasteiger partial charge on any atom is 0.247 e. The Balaban J connectivity index is 1.15. The molecule has 2 N–H and O–H groups in total. The maximum atomic E-state index is 13.3. The highest BCUT2D eigenvalue weighted by Crippen LogP contribution is 2.36. The van der Waals surface area contributed by atoms with Crippen LogP contribution in [-0.2, 0) is 25.7 Å². The molecule has 9 nitrogen and oxygen atoms in total.